The monoisotopic (exact) mass is 310 g/mol. The van der Waals surface area contributed by atoms with Gasteiger partial charge in [0.05, 0.1) is 12.6 Å². The highest BCUT2D eigenvalue weighted by atomic mass is 32.2. The summed E-state index contributed by atoms with van der Waals surface area (Å²) in [5, 5.41) is 12.8. The molecule has 1 aromatic heterocycles. The van der Waals surface area contributed by atoms with Crippen molar-refractivity contribution in [2.75, 3.05) is 41.9 Å². The molecule has 0 amide bonds. The molecule has 5 nitrogen and oxygen atoms in total. The fraction of sp³-hybridized carbons (Fsp3) is 0.733. The SMILES string of the molecule is CSCC[C@@H](CO)Nc1cc(C)nc(N2CCCCC2)n1. The third kappa shape index (κ3) is 5.04. The largest absolute Gasteiger partial charge is 0.394 e. The minimum atomic E-state index is 0.0564. The fourth-order valence-electron chi connectivity index (χ4n) is 2.54. The number of hydrogen-bond acceptors (Lipinski definition) is 6. The second-order valence-electron chi connectivity index (χ2n) is 5.55. The zero-order chi connectivity index (χ0) is 15.1. The van der Waals surface area contributed by atoms with Crippen LogP contribution in [0.1, 0.15) is 31.4 Å². The maximum absolute atomic E-state index is 9.48. The maximum Gasteiger partial charge on any atom is 0.227 e. The Labute approximate surface area is 131 Å². The van der Waals surface area contributed by atoms with E-state index in [9.17, 15) is 5.11 Å². The zero-order valence-corrected chi connectivity index (χ0v) is 13.8. The molecule has 0 unspecified atom stereocenters. The Balaban J connectivity index is 2.06. The van der Waals surface area contributed by atoms with E-state index in [1.165, 1.54) is 19.3 Å². The van der Waals surface area contributed by atoms with Crippen molar-refractivity contribution in [3.63, 3.8) is 0 Å². The highest BCUT2D eigenvalue weighted by Gasteiger charge is 2.15. The van der Waals surface area contributed by atoms with Crippen molar-refractivity contribution in [3.05, 3.63) is 11.8 Å². The van der Waals surface area contributed by atoms with Crippen LogP contribution in [0.3, 0.4) is 0 Å². The van der Waals surface area contributed by atoms with E-state index in [0.717, 1.165) is 42.7 Å². The van der Waals surface area contributed by atoms with Gasteiger partial charge in [0.2, 0.25) is 5.95 Å². The fourth-order valence-corrected chi connectivity index (χ4v) is 3.06. The molecule has 0 aliphatic carbocycles. The third-order valence-corrected chi connectivity index (χ3v) is 4.37. The van der Waals surface area contributed by atoms with E-state index in [1.54, 1.807) is 11.8 Å². The smallest absolute Gasteiger partial charge is 0.227 e. The molecule has 0 radical (unpaired) electrons. The Morgan fingerprint density at radius 3 is 2.76 bits per heavy atom. The van der Waals surface area contributed by atoms with Crippen LogP contribution in [0.2, 0.25) is 0 Å². The van der Waals surface area contributed by atoms with E-state index in [2.05, 4.69) is 26.4 Å². The molecule has 1 atom stereocenters. The number of hydrogen-bond donors (Lipinski definition) is 2. The van der Waals surface area contributed by atoms with E-state index >= 15 is 0 Å². The lowest BCUT2D eigenvalue weighted by atomic mass is 10.1. The minimum absolute atomic E-state index is 0.0564. The van der Waals surface area contributed by atoms with Crippen LogP contribution in [0.25, 0.3) is 0 Å². The first-order valence-electron chi connectivity index (χ1n) is 7.70. The first-order chi connectivity index (χ1) is 10.2. The van der Waals surface area contributed by atoms with Gasteiger partial charge in [0.25, 0.3) is 0 Å². The van der Waals surface area contributed by atoms with Gasteiger partial charge in [-0.15, -0.1) is 0 Å². The Morgan fingerprint density at radius 1 is 1.33 bits per heavy atom. The number of thioether (sulfide) groups is 1. The van der Waals surface area contributed by atoms with Crippen LogP contribution < -0.4 is 10.2 Å². The van der Waals surface area contributed by atoms with Gasteiger partial charge in [0.1, 0.15) is 5.82 Å². The van der Waals surface area contributed by atoms with Crippen molar-refractivity contribution in [2.45, 2.75) is 38.6 Å². The molecule has 1 aliphatic heterocycles. The Morgan fingerprint density at radius 2 is 2.10 bits per heavy atom. The molecule has 1 aliphatic rings. The summed E-state index contributed by atoms with van der Waals surface area (Å²) in [7, 11) is 0. The van der Waals surface area contributed by atoms with Gasteiger partial charge in [0.15, 0.2) is 0 Å². The van der Waals surface area contributed by atoms with Crippen LogP contribution in [-0.4, -0.2) is 52.8 Å². The van der Waals surface area contributed by atoms with Crippen molar-refractivity contribution < 1.29 is 5.11 Å². The number of aromatic nitrogens is 2. The summed E-state index contributed by atoms with van der Waals surface area (Å²) < 4.78 is 0. The average molecular weight is 310 g/mol. The summed E-state index contributed by atoms with van der Waals surface area (Å²) in [4.78, 5) is 11.5. The highest BCUT2D eigenvalue weighted by molar-refractivity contribution is 7.98. The van der Waals surface area contributed by atoms with Gasteiger partial charge in [-0.05, 0) is 44.6 Å². The van der Waals surface area contributed by atoms with Crippen molar-refractivity contribution in [1.29, 1.82) is 0 Å². The molecule has 0 aromatic carbocycles. The van der Waals surface area contributed by atoms with Gasteiger partial charge in [-0.25, -0.2) is 4.98 Å². The van der Waals surface area contributed by atoms with Gasteiger partial charge in [-0.1, -0.05) is 0 Å². The number of aliphatic hydroxyl groups is 1. The summed E-state index contributed by atoms with van der Waals surface area (Å²) in [6, 6.07) is 2.01. The molecule has 2 N–H and O–H groups in total. The first kappa shape index (κ1) is 16.4. The second-order valence-corrected chi connectivity index (χ2v) is 6.53. The molecular weight excluding hydrogens is 284 g/mol. The predicted molar refractivity (Wildman–Crippen MR) is 90.3 cm³/mol. The maximum atomic E-state index is 9.48. The van der Waals surface area contributed by atoms with Crippen molar-refractivity contribution >= 4 is 23.5 Å². The molecular formula is C15H26N4OS. The molecule has 2 heterocycles. The van der Waals surface area contributed by atoms with Gasteiger partial charge >= 0.3 is 0 Å². The molecule has 21 heavy (non-hydrogen) atoms. The Hall–Kier alpha value is -1.01. The van der Waals surface area contributed by atoms with Gasteiger partial charge in [0, 0.05) is 24.8 Å². The molecule has 0 saturated carbocycles. The first-order valence-corrected chi connectivity index (χ1v) is 9.09. The van der Waals surface area contributed by atoms with Gasteiger partial charge in [-0.3, -0.25) is 0 Å². The lowest BCUT2D eigenvalue weighted by Gasteiger charge is -2.27. The van der Waals surface area contributed by atoms with Crippen LogP contribution in [-0.2, 0) is 0 Å². The van der Waals surface area contributed by atoms with Crippen LogP contribution in [0.4, 0.5) is 11.8 Å². The molecule has 1 fully saturated rings. The molecule has 1 saturated heterocycles. The Bertz CT molecular complexity index is 438. The lowest BCUT2D eigenvalue weighted by molar-refractivity contribution is 0.272. The van der Waals surface area contributed by atoms with Crippen molar-refractivity contribution in [3.8, 4) is 0 Å². The quantitative estimate of drug-likeness (QED) is 0.806. The van der Waals surface area contributed by atoms with E-state index in [1.807, 2.05) is 13.0 Å². The normalized spacial score (nSPS) is 16.8. The van der Waals surface area contributed by atoms with Crippen LogP contribution >= 0.6 is 11.8 Å². The summed E-state index contributed by atoms with van der Waals surface area (Å²) in [5.41, 5.74) is 0.967. The predicted octanol–water partition coefficient (Wildman–Crippen LogP) is 2.30. The zero-order valence-electron chi connectivity index (χ0n) is 13.0. The highest BCUT2D eigenvalue weighted by Crippen LogP contribution is 2.19. The lowest BCUT2D eigenvalue weighted by Crippen LogP contribution is -2.32. The van der Waals surface area contributed by atoms with Crippen LogP contribution in [0.5, 0.6) is 0 Å². The molecule has 118 valence electrons. The number of rotatable bonds is 7. The number of aryl methyl sites for hydroxylation is 1. The average Bonchev–Trinajstić information content (AvgIpc) is 2.51. The van der Waals surface area contributed by atoms with E-state index in [4.69, 9.17) is 0 Å². The summed E-state index contributed by atoms with van der Waals surface area (Å²) >= 11 is 1.79. The molecule has 0 bridgehead atoms. The topological polar surface area (TPSA) is 61.3 Å². The van der Waals surface area contributed by atoms with Crippen LogP contribution in [0.15, 0.2) is 6.07 Å². The van der Waals surface area contributed by atoms with E-state index in [0.29, 0.717) is 0 Å². The minimum Gasteiger partial charge on any atom is -0.394 e. The summed E-state index contributed by atoms with van der Waals surface area (Å²) in [5.74, 6) is 2.67. The third-order valence-electron chi connectivity index (χ3n) is 3.72. The molecule has 2 rings (SSSR count). The molecule has 1 aromatic rings. The van der Waals surface area contributed by atoms with Gasteiger partial charge < -0.3 is 15.3 Å². The number of nitrogens with one attached hydrogen (secondary N) is 1. The summed E-state index contributed by atoms with van der Waals surface area (Å²) in [6.07, 6.45) is 6.74. The number of nitrogens with zero attached hydrogens (tertiary/aromatic N) is 3. The Kier molecular flexibility index (Phi) is 6.57. The van der Waals surface area contributed by atoms with Crippen molar-refractivity contribution in [1.82, 2.24) is 9.97 Å². The molecule has 0 spiro atoms. The van der Waals surface area contributed by atoms with Gasteiger partial charge in [-0.2, -0.15) is 16.7 Å². The second kappa shape index (κ2) is 8.44. The van der Waals surface area contributed by atoms with Crippen molar-refractivity contribution in [2.24, 2.45) is 0 Å². The van der Waals surface area contributed by atoms with E-state index in [-0.39, 0.29) is 12.6 Å². The van der Waals surface area contributed by atoms with Crippen LogP contribution in [0, 0.1) is 6.92 Å². The van der Waals surface area contributed by atoms with E-state index < -0.39 is 0 Å². The molecule has 6 heteroatoms. The number of anilines is 2. The number of piperidine rings is 1. The summed E-state index contributed by atoms with van der Waals surface area (Å²) in [6.45, 7) is 4.20. The standard InChI is InChI=1S/C15H26N4OS/c1-12-10-14(17-13(11-20)6-9-21-2)18-15(16-12)19-7-4-3-5-8-19/h10,13,20H,3-9,11H2,1-2H3,(H,16,17,18)/t13-/m0/s1. The number of aliphatic hydroxyl groups excluding tert-OH is 1.